The number of carbonyl (C=O) groups is 1. The molecule has 6 heteroatoms. The molecule has 2 heterocycles. The van der Waals surface area contributed by atoms with Crippen LogP contribution in [0.4, 0.5) is 5.69 Å². The van der Waals surface area contributed by atoms with Gasteiger partial charge in [-0.1, -0.05) is 0 Å². The van der Waals surface area contributed by atoms with Crippen LogP contribution in [0, 0.1) is 0 Å². The highest BCUT2D eigenvalue weighted by molar-refractivity contribution is 6.08. The third kappa shape index (κ3) is 1.73. The summed E-state index contributed by atoms with van der Waals surface area (Å²) in [7, 11) is 0. The molecule has 0 fully saturated rings. The highest BCUT2D eigenvalue weighted by Crippen LogP contribution is 2.35. The summed E-state index contributed by atoms with van der Waals surface area (Å²) in [5.74, 6) is 0.260. The highest BCUT2D eigenvalue weighted by atomic mass is 16.5. The van der Waals surface area contributed by atoms with Crippen molar-refractivity contribution in [2.24, 2.45) is 0 Å². The fourth-order valence-corrected chi connectivity index (χ4v) is 2.49. The van der Waals surface area contributed by atoms with Gasteiger partial charge in [0.2, 0.25) is 0 Å². The number of nitrogens with one attached hydrogen (secondary N) is 1. The van der Waals surface area contributed by atoms with Gasteiger partial charge in [-0.15, -0.1) is 0 Å². The number of hydrogen-bond donors (Lipinski definition) is 2. The van der Waals surface area contributed by atoms with Crippen LogP contribution < -0.4 is 15.7 Å². The molecule has 1 aromatic heterocycles. The molecule has 2 N–H and O–H groups in total. The number of hydrogen-bond acceptors (Lipinski definition) is 5. The van der Waals surface area contributed by atoms with Crippen molar-refractivity contribution in [1.82, 2.24) is 0 Å². The van der Waals surface area contributed by atoms with Crippen molar-refractivity contribution >= 4 is 33.3 Å². The summed E-state index contributed by atoms with van der Waals surface area (Å²) in [6.45, 7) is -0.0476. The molecule has 1 aliphatic heterocycles. The van der Waals surface area contributed by atoms with Gasteiger partial charge >= 0.3 is 5.63 Å². The molecule has 0 spiro atoms. The molecule has 3 aromatic rings. The zero-order valence-corrected chi connectivity index (χ0v) is 10.7. The maximum absolute atomic E-state index is 12.0. The normalized spacial score (nSPS) is 13.8. The van der Waals surface area contributed by atoms with Crippen LogP contribution in [0.5, 0.6) is 11.5 Å². The lowest BCUT2D eigenvalue weighted by Gasteiger charge is -2.18. The van der Waals surface area contributed by atoms with Crippen molar-refractivity contribution in [2.45, 2.75) is 0 Å². The van der Waals surface area contributed by atoms with Crippen LogP contribution in [0.3, 0.4) is 0 Å². The Balaban J connectivity index is 2.12. The number of aromatic hydroxyl groups is 1. The summed E-state index contributed by atoms with van der Waals surface area (Å²) in [6, 6.07) is 7.80. The van der Waals surface area contributed by atoms with Gasteiger partial charge in [-0.3, -0.25) is 4.79 Å². The number of carbonyl (C=O) groups excluding carboxylic acids is 1. The van der Waals surface area contributed by atoms with Crippen molar-refractivity contribution in [3.8, 4) is 11.5 Å². The Hall–Kier alpha value is -3.02. The van der Waals surface area contributed by atoms with E-state index >= 15 is 0 Å². The number of fused-ring (bicyclic) bond motifs is 4. The van der Waals surface area contributed by atoms with Gasteiger partial charge in [0.1, 0.15) is 17.1 Å². The van der Waals surface area contributed by atoms with Gasteiger partial charge in [0.15, 0.2) is 6.61 Å². The minimum absolute atomic E-state index is 0.00405. The molecule has 0 saturated carbocycles. The lowest BCUT2D eigenvalue weighted by Crippen LogP contribution is -2.25. The molecule has 21 heavy (non-hydrogen) atoms. The predicted molar refractivity (Wildman–Crippen MR) is 75.8 cm³/mol. The van der Waals surface area contributed by atoms with E-state index in [1.54, 1.807) is 18.2 Å². The van der Waals surface area contributed by atoms with Crippen LogP contribution in [-0.4, -0.2) is 17.6 Å². The lowest BCUT2D eigenvalue weighted by atomic mass is 10.1. The van der Waals surface area contributed by atoms with Crippen LogP contribution in [0.15, 0.2) is 39.5 Å². The number of phenolic OH excluding ortho intramolecular Hbond substituents is 1. The summed E-state index contributed by atoms with van der Waals surface area (Å²) in [5, 5.41) is 13.8. The van der Waals surface area contributed by atoms with Crippen molar-refractivity contribution in [3.63, 3.8) is 0 Å². The number of benzene rings is 2. The van der Waals surface area contributed by atoms with Gasteiger partial charge in [-0.05, 0) is 24.3 Å². The Labute approximate surface area is 117 Å². The molecule has 1 aliphatic rings. The van der Waals surface area contributed by atoms with Gasteiger partial charge in [0, 0.05) is 16.8 Å². The van der Waals surface area contributed by atoms with Crippen molar-refractivity contribution < 1.29 is 19.1 Å². The second kappa shape index (κ2) is 3.99. The van der Waals surface area contributed by atoms with E-state index in [-0.39, 0.29) is 18.3 Å². The monoisotopic (exact) mass is 283 g/mol. The Morgan fingerprint density at radius 1 is 1.05 bits per heavy atom. The lowest BCUT2D eigenvalue weighted by molar-refractivity contribution is -0.118. The topological polar surface area (TPSA) is 88.8 Å². The van der Waals surface area contributed by atoms with E-state index in [0.29, 0.717) is 33.2 Å². The molecule has 0 bridgehead atoms. The molecular formula is C15H9NO5. The molecule has 104 valence electrons. The second-order valence-electron chi connectivity index (χ2n) is 4.80. The third-order valence-corrected chi connectivity index (χ3v) is 3.43. The predicted octanol–water partition coefficient (Wildman–Crippen LogP) is 1.98. The average molecular weight is 283 g/mol. The first-order valence-corrected chi connectivity index (χ1v) is 6.28. The summed E-state index contributed by atoms with van der Waals surface area (Å²) >= 11 is 0. The van der Waals surface area contributed by atoms with E-state index in [2.05, 4.69) is 5.32 Å². The van der Waals surface area contributed by atoms with Crippen LogP contribution >= 0.6 is 0 Å². The van der Waals surface area contributed by atoms with Gasteiger partial charge in [0.25, 0.3) is 5.91 Å². The first kappa shape index (κ1) is 11.8. The molecule has 0 unspecified atom stereocenters. The average Bonchev–Trinajstić information content (AvgIpc) is 2.46. The summed E-state index contributed by atoms with van der Waals surface area (Å²) < 4.78 is 10.6. The minimum Gasteiger partial charge on any atom is -0.508 e. The zero-order valence-electron chi connectivity index (χ0n) is 10.7. The molecule has 0 atom stereocenters. The second-order valence-corrected chi connectivity index (χ2v) is 4.80. The van der Waals surface area contributed by atoms with Crippen LogP contribution in [0.2, 0.25) is 0 Å². The molecule has 0 aliphatic carbocycles. The Morgan fingerprint density at radius 3 is 2.76 bits per heavy atom. The van der Waals surface area contributed by atoms with Crippen LogP contribution in [0.1, 0.15) is 0 Å². The maximum atomic E-state index is 12.0. The summed E-state index contributed by atoms with van der Waals surface area (Å²) in [4.78, 5) is 23.3. The third-order valence-electron chi connectivity index (χ3n) is 3.43. The molecule has 4 rings (SSSR count). The number of ether oxygens (including phenoxy) is 1. The highest BCUT2D eigenvalue weighted by Gasteiger charge is 2.19. The van der Waals surface area contributed by atoms with Crippen molar-refractivity contribution in [2.75, 3.05) is 11.9 Å². The molecular weight excluding hydrogens is 274 g/mol. The largest absolute Gasteiger partial charge is 0.508 e. The van der Waals surface area contributed by atoms with Crippen LogP contribution in [-0.2, 0) is 4.79 Å². The first-order chi connectivity index (χ1) is 10.1. The number of amides is 1. The number of phenols is 1. The zero-order chi connectivity index (χ0) is 14.6. The van der Waals surface area contributed by atoms with Gasteiger partial charge in [0.05, 0.1) is 11.1 Å². The smallest absolute Gasteiger partial charge is 0.344 e. The van der Waals surface area contributed by atoms with Gasteiger partial charge in [-0.25, -0.2) is 4.79 Å². The minimum atomic E-state index is -0.545. The van der Waals surface area contributed by atoms with Crippen molar-refractivity contribution in [3.05, 3.63) is 40.8 Å². The molecule has 0 radical (unpaired) electrons. The molecule has 2 aromatic carbocycles. The van der Waals surface area contributed by atoms with E-state index in [9.17, 15) is 14.7 Å². The first-order valence-electron chi connectivity index (χ1n) is 6.28. The fourth-order valence-electron chi connectivity index (χ4n) is 2.49. The fraction of sp³-hybridized carbons (Fsp3) is 0.0667. The van der Waals surface area contributed by atoms with E-state index in [1.807, 2.05) is 0 Å². The number of rotatable bonds is 0. The quantitative estimate of drug-likeness (QED) is 0.486. The SMILES string of the molecule is O=C1COc2cc3c(cc2N1)oc(=O)c1cc(O)ccc13. The Bertz CT molecular complexity index is 973. The van der Waals surface area contributed by atoms with Crippen molar-refractivity contribution in [1.29, 1.82) is 0 Å². The molecule has 1 amide bonds. The van der Waals surface area contributed by atoms with E-state index < -0.39 is 5.63 Å². The van der Waals surface area contributed by atoms with Crippen LogP contribution in [0.25, 0.3) is 21.7 Å². The molecule has 0 saturated heterocycles. The van der Waals surface area contributed by atoms with Gasteiger partial charge < -0.3 is 19.6 Å². The summed E-state index contributed by atoms with van der Waals surface area (Å²) in [5.41, 5.74) is 0.277. The molecule has 6 nitrogen and oxygen atoms in total. The summed E-state index contributed by atoms with van der Waals surface area (Å²) in [6.07, 6.45) is 0. The number of anilines is 1. The Morgan fingerprint density at radius 2 is 1.90 bits per heavy atom. The van der Waals surface area contributed by atoms with E-state index in [1.165, 1.54) is 12.1 Å². The maximum Gasteiger partial charge on any atom is 0.344 e. The Kier molecular flexibility index (Phi) is 2.24. The van der Waals surface area contributed by atoms with E-state index in [0.717, 1.165) is 0 Å². The standard InChI is InChI=1S/C15H9NO5/c17-7-1-2-8-9-4-13-11(16-14(18)6-20-13)5-12(9)21-15(19)10(8)3-7/h1-5,17H,6H2,(H,16,18). The van der Waals surface area contributed by atoms with E-state index in [4.69, 9.17) is 9.15 Å². The van der Waals surface area contributed by atoms with Gasteiger partial charge in [-0.2, -0.15) is 0 Å².